The second-order valence-corrected chi connectivity index (χ2v) is 4.25. The lowest BCUT2D eigenvalue weighted by Crippen LogP contribution is -2.33. The Labute approximate surface area is 122 Å². The highest BCUT2D eigenvalue weighted by atomic mass is 35.5. The number of benzene rings is 1. The first-order chi connectivity index (χ1) is 9.36. The average Bonchev–Trinajstić information content (AvgIpc) is 2.98. The van der Waals surface area contributed by atoms with Crippen molar-refractivity contribution in [3.05, 3.63) is 30.1 Å². The lowest BCUT2D eigenvalue weighted by atomic mass is 10.2. The molecule has 1 aromatic carbocycles. The van der Waals surface area contributed by atoms with Crippen LogP contribution in [0.2, 0.25) is 0 Å². The predicted molar refractivity (Wildman–Crippen MR) is 75.1 cm³/mol. The largest absolute Gasteiger partial charge is 0.497 e. The van der Waals surface area contributed by atoms with Gasteiger partial charge >= 0.3 is 0 Å². The molecule has 1 aliphatic rings. The van der Waals surface area contributed by atoms with Gasteiger partial charge in [0.1, 0.15) is 11.9 Å². The third-order valence-corrected chi connectivity index (χ3v) is 2.99. The van der Waals surface area contributed by atoms with Crippen molar-refractivity contribution in [2.45, 2.75) is 6.10 Å². The van der Waals surface area contributed by atoms with Gasteiger partial charge in [-0.05, 0) is 24.3 Å². The Balaban J connectivity index is 0.00000147. The Morgan fingerprint density at radius 1 is 1.30 bits per heavy atom. The minimum atomic E-state index is -0.135. The normalized spacial score (nSPS) is 18.4. The standard InChI is InChI=1S/C13H15N3O3.ClH/c1-17-10-4-2-9(3-5-10)13-15-12(16-19-13)11-8-14-6-7-18-11;/h2-5,11,14H,6-8H2,1H3;1H. The van der Waals surface area contributed by atoms with Crippen LogP contribution in [-0.2, 0) is 4.74 Å². The van der Waals surface area contributed by atoms with E-state index >= 15 is 0 Å². The van der Waals surface area contributed by atoms with E-state index in [-0.39, 0.29) is 18.5 Å². The molecule has 0 saturated carbocycles. The summed E-state index contributed by atoms with van der Waals surface area (Å²) in [5, 5.41) is 7.21. The maximum absolute atomic E-state index is 5.58. The van der Waals surface area contributed by atoms with Crippen LogP contribution >= 0.6 is 12.4 Å². The molecule has 6 nitrogen and oxygen atoms in total. The highest BCUT2D eigenvalue weighted by molar-refractivity contribution is 5.85. The minimum Gasteiger partial charge on any atom is -0.497 e. The zero-order valence-electron chi connectivity index (χ0n) is 11.0. The van der Waals surface area contributed by atoms with Crippen LogP contribution in [-0.4, -0.2) is 36.9 Å². The quantitative estimate of drug-likeness (QED) is 0.932. The summed E-state index contributed by atoms with van der Waals surface area (Å²) >= 11 is 0. The molecule has 20 heavy (non-hydrogen) atoms. The van der Waals surface area contributed by atoms with E-state index in [1.165, 1.54) is 0 Å². The number of morpholine rings is 1. The molecule has 0 aliphatic carbocycles. The molecule has 1 atom stereocenters. The van der Waals surface area contributed by atoms with E-state index in [0.29, 0.717) is 24.9 Å². The molecule has 0 bridgehead atoms. The van der Waals surface area contributed by atoms with Crippen LogP contribution in [0.15, 0.2) is 28.8 Å². The molecular formula is C13H16ClN3O3. The number of rotatable bonds is 3. The lowest BCUT2D eigenvalue weighted by Gasteiger charge is -2.20. The summed E-state index contributed by atoms with van der Waals surface area (Å²) in [5.74, 6) is 1.87. The molecule has 0 amide bonds. The highest BCUT2D eigenvalue weighted by Crippen LogP contribution is 2.23. The molecule has 1 saturated heterocycles. The summed E-state index contributed by atoms with van der Waals surface area (Å²) in [6, 6.07) is 7.49. The van der Waals surface area contributed by atoms with E-state index in [1.807, 2.05) is 24.3 Å². The maximum atomic E-state index is 5.58. The van der Waals surface area contributed by atoms with Gasteiger partial charge < -0.3 is 19.3 Å². The van der Waals surface area contributed by atoms with Gasteiger partial charge in [0.15, 0.2) is 0 Å². The van der Waals surface area contributed by atoms with E-state index < -0.39 is 0 Å². The Morgan fingerprint density at radius 3 is 2.75 bits per heavy atom. The highest BCUT2D eigenvalue weighted by Gasteiger charge is 2.21. The molecular weight excluding hydrogens is 282 g/mol. The number of hydrogen-bond donors (Lipinski definition) is 1. The van der Waals surface area contributed by atoms with Gasteiger partial charge in [0, 0.05) is 18.7 Å². The zero-order chi connectivity index (χ0) is 13.1. The van der Waals surface area contributed by atoms with Gasteiger partial charge in [-0.1, -0.05) is 5.16 Å². The molecule has 1 fully saturated rings. The van der Waals surface area contributed by atoms with Gasteiger partial charge in [-0.3, -0.25) is 0 Å². The minimum absolute atomic E-state index is 0. The van der Waals surface area contributed by atoms with E-state index in [2.05, 4.69) is 15.5 Å². The van der Waals surface area contributed by atoms with Crippen molar-refractivity contribution in [3.8, 4) is 17.2 Å². The molecule has 2 aromatic rings. The van der Waals surface area contributed by atoms with E-state index in [9.17, 15) is 0 Å². The number of hydrogen-bond acceptors (Lipinski definition) is 6. The summed E-state index contributed by atoms with van der Waals surface area (Å²) < 4.78 is 16.0. The molecule has 1 aromatic heterocycles. The molecule has 0 radical (unpaired) electrons. The SMILES string of the molecule is COc1ccc(-c2nc(C3CNCCO3)no2)cc1.Cl. The maximum Gasteiger partial charge on any atom is 0.258 e. The summed E-state index contributed by atoms with van der Waals surface area (Å²) in [5.41, 5.74) is 0.864. The van der Waals surface area contributed by atoms with Gasteiger partial charge in [-0.25, -0.2) is 0 Å². The average molecular weight is 298 g/mol. The van der Waals surface area contributed by atoms with Gasteiger partial charge in [0.25, 0.3) is 5.89 Å². The van der Waals surface area contributed by atoms with Crippen LogP contribution < -0.4 is 10.1 Å². The van der Waals surface area contributed by atoms with Crippen LogP contribution in [0.1, 0.15) is 11.9 Å². The Kier molecular flexibility index (Phi) is 4.94. The second kappa shape index (κ2) is 6.69. The van der Waals surface area contributed by atoms with Crippen LogP contribution in [0.5, 0.6) is 5.75 Å². The second-order valence-electron chi connectivity index (χ2n) is 4.25. The summed E-state index contributed by atoms with van der Waals surface area (Å²) in [4.78, 5) is 4.38. The van der Waals surface area contributed by atoms with Crippen LogP contribution in [0.4, 0.5) is 0 Å². The van der Waals surface area contributed by atoms with Crippen molar-refractivity contribution < 1.29 is 14.0 Å². The van der Waals surface area contributed by atoms with Crippen molar-refractivity contribution >= 4 is 12.4 Å². The third-order valence-electron chi connectivity index (χ3n) is 2.99. The molecule has 1 aliphatic heterocycles. The third kappa shape index (κ3) is 3.09. The van der Waals surface area contributed by atoms with Gasteiger partial charge in [-0.15, -0.1) is 12.4 Å². The molecule has 108 valence electrons. The number of methoxy groups -OCH3 is 1. The van der Waals surface area contributed by atoms with Crippen molar-refractivity contribution in [2.75, 3.05) is 26.8 Å². The Hall–Kier alpha value is -1.63. The van der Waals surface area contributed by atoms with Crippen molar-refractivity contribution in [1.82, 2.24) is 15.5 Å². The van der Waals surface area contributed by atoms with E-state index in [4.69, 9.17) is 14.0 Å². The van der Waals surface area contributed by atoms with Gasteiger partial charge in [-0.2, -0.15) is 4.98 Å². The number of aromatic nitrogens is 2. The van der Waals surface area contributed by atoms with Crippen molar-refractivity contribution in [1.29, 1.82) is 0 Å². The topological polar surface area (TPSA) is 69.4 Å². The predicted octanol–water partition coefficient (Wildman–Crippen LogP) is 1.83. The molecule has 7 heteroatoms. The van der Waals surface area contributed by atoms with Gasteiger partial charge in [0.2, 0.25) is 5.82 Å². The Morgan fingerprint density at radius 2 is 2.10 bits per heavy atom. The number of nitrogens with zero attached hydrogens (tertiary/aromatic N) is 2. The first-order valence-electron chi connectivity index (χ1n) is 6.17. The number of ether oxygens (including phenoxy) is 2. The van der Waals surface area contributed by atoms with E-state index in [0.717, 1.165) is 17.9 Å². The summed E-state index contributed by atoms with van der Waals surface area (Å²) in [7, 11) is 1.63. The van der Waals surface area contributed by atoms with Crippen molar-refractivity contribution in [2.24, 2.45) is 0 Å². The molecule has 2 heterocycles. The van der Waals surface area contributed by atoms with Gasteiger partial charge in [0.05, 0.1) is 13.7 Å². The van der Waals surface area contributed by atoms with E-state index in [1.54, 1.807) is 7.11 Å². The summed E-state index contributed by atoms with van der Waals surface area (Å²) in [6.07, 6.45) is -0.135. The fraction of sp³-hybridized carbons (Fsp3) is 0.385. The monoisotopic (exact) mass is 297 g/mol. The van der Waals surface area contributed by atoms with Crippen LogP contribution in [0.3, 0.4) is 0 Å². The zero-order valence-corrected chi connectivity index (χ0v) is 11.9. The Bertz CT molecular complexity index is 538. The molecule has 1 N–H and O–H groups in total. The lowest BCUT2D eigenvalue weighted by molar-refractivity contribution is 0.0208. The fourth-order valence-corrected chi connectivity index (χ4v) is 1.95. The smallest absolute Gasteiger partial charge is 0.258 e. The first-order valence-corrected chi connectivity index (χ1v) is 6.17. The van der Waals surface area contributed by atoms with Crippen LogP contribution in [0.25, 0.3) is 11.5 Å². The molecule has 0 spiro atoms. The summed E-state index contributed by atoms with van der Waals surface area (Å²) in [6.45, 7) is 2.23. The fourth-order valence-electron chi connectivity index (χ4n) is 1.95. The molecule has 3 rings (SSSR count). The first kappa shape index (κ1) is 14.8. The van der Waals surface area contributed by atoms with Crippen molar-refractivity contribution in [3.63, 3.8) is 0 Å². The molecule has 1 unspecified atom stereocenters. The number of nitrogens with one attached hydrogen (secondary N) is 1. The number of halogens is 1. The van der Waals surface area contributed by atoms with Crippen LogP contribution in [0, 0.1) is 0 Å².